The Morgan fingerprint density at radius 2 is 2.42 bits per heavy atom. The van der Waals surface area contributed by atoms with Crippen LogP contribution in [-0.2, 0) is 0 Å². The highest BCUT2D eigenvalue weighted by molar-refractivity contribution is 6.03. The number of amides is 1. The summed E-state index contributed by atoms with van der Waals surface area (Å²) in [5.74, 6) is -0.491. The number of primary amides is 1. The third kappa shape index (κ3) is 0.833. The minimum Gasteiger partial charge on any atom is -0.366 e. The Bertz CT molecular complexity index is 434. The van der Waals surface area contributed by atoms with Gasteiger partial charge in [0.05, 0.1) is 5.56 Å². The Hall–Kier alpha value is -1.91. The highest BCUT2D eigenvalue weighted by Crippen LogP contribution is 2.11. The number of pyridine rings is 1. The zero-order valence-electron chi connectivity index (χ0n) is 6.11. The van der Waals surface area contributed by atoms with Gasteiger partial charge < -0.3 is 5.73 Å². The lowest BCUT2D eigenvalue weighted by Crippen LogP contribution is -2.11. The smallest absolute Gasteiger partial charge is 0.251 e. The van der Waals surface area contributed by atoms with E-state index in [2.05, 4.69) is 15.2 Å². The molecule has 0 aliphatic rings. The van der Waals surface area contributed by atoms with Gasteiger partial charge >= 0.3 is 0 Å². The van der Waals surface area contributed by atoms with E-state index in [1.165, 1.54) is 6.20 Å². The van der Waals surface area contributed by atoms with E-state index in [0.717, 1.165) is 0 Å². The van der Waals surface area contributed by atoms with Crippen molar-refractivity contribution in [3.8, 4) is 0 Å². The molecule has 12 heavy (non-hydrogen) atoms. The van der Waals surface area contributed by atoms with Crippen LogP contribution in [0, 0.1) is 0 Å². The Kier molecular flexibility index (Phi) is 1.30. The van der Waals surface area contributed by atoms with Crippen LogP contribution in [0.1, 0.15) is 10.4 Å². The number of rotatable bonds is 1. The van der Waals surface area contributed by atoms with Crippen LogP contribution in [0.3, 0.4) is 0 Å². The molecule has 0 spiro atoms. The van der Waals surface area contributed by atoms with Crippen molar-refractivity contribution >= 4 is 16.9 Å². The van der Waals surface area contributed by atoms with Gasteiger partial charge in [-0.15, -0.1) is 0 Å². The minimum atomic E-state index is -0.491. The van der Waals surface area contributed by atoms with Crippen LogP contribution in [0.4, 0.5) is 0 Å². The Morgan fingerprint density at radius 3 is 3.17 bits per heavy atom. The molecule has 0 saturated carbocycles. The molecule has 2 heterocycles. The first-order chi connectivity index (χ1) is 5.79. The summed E-state index contributed by atoms with van der Waals surface area (Å²) in [7, 11) is 0. The van der Waals surface area contributed by atoms with E-state index in [1.807, 2.05) is 0 Å². The number of carbonyl (C=O) groups excluding carboxylic acids is 1. The lowest BCUT2D eigenvalue weighted by atomic mass is 10.2. The van der Waals surface area contributed by atoms with E-state index in [1.54, 1.807) is 12.3 Å². The van der Waals surface area contributed by atoms with Crippen molar-refractivity contribution in [2.75, 3.05) is 0 Å². The second kappa shape index (κ2) is 2.30. The molecule has 0 atom stereocenters. The summed E-state index contributed by atoms with van der Waals surface area (Å²) in [6.45, 7) is 0. The predicted octanol–water partition coefficient (Wildman–Crippen LogP) is 0.0568. The Morgan fingerprint density at radius 1 is 1.58 bits per heavy atom. The number of nitrogens with two attached hydrogens (primary N) is 1. The van der Waals surface area contributed by atoms with Gasteiger partial charge in [-0.3, -0.25) is 14.9 Å². The maximum atomic E-state index is 10.9. The SMILES string of the molecule is NC(=O)c1ccnc2c[nH]nc12. The topological polar surface area (TPSA) is 84.7 Å². The molecule has 2 aromatic heterocycles. The second-order valence-electron chi connectivity index (χ2n) is 2.34. The van der Waals surface area contributed by atoms with Gasteiger partial charge in [-0.2, -0.15) is 5.10 Å². The van der Waals surface area contributed by atoms with Crippen molar-refractivity contribution < 1.29 is 4.79 Å². The van der Waals surface area contributed by atoms with Crippen LogP contribution < -0.4 is 5.73 Å². The van der Waals surface area contributed by atoms with Crippen molar-refractivity contribution in [2.24, 2.45) is 5.73 Å². The number of fused-ring (bicyclic) bond motifs is 1. The third-order valence-corrected chi connectivity index (χ3v) is 1.60. The first-order valence-electron chi connectivity index (χ1n) is 3.37. The van der Waals surface area contributed by atoms with Crippen LogP contribution in [0.2, 0.25) is 0 Å². The number of carbonyl (C=O) groups is 1. The fourth-order valence-electron chi connectivity index (χ4n) is 1.05. The standard InChI is InChI=1S/C7H6N4O/c8-7(12)4-1-2-9-5-3-10-11-6(4)5/h1-3H,(H2,8,12)(H,10,11). The van der Waals surface area contributed by atoms with E-state index >= 15 is 0 Å². The molecule has 0 aliphatic heterocycles. The van der Waals surface area contributed by atoms with Crippen molar-refractivity contribution in [1.29, 1.82) is 0 Å². The van der Waals surface area contributed by atoms with Gasteiger partial charge in [0, 0.05) is 12.4 Å². The summed E-state index contributed by atoms with van der Waals surface area (Å²) < 4.78 is 0. The van der Waals surface area contributed by atoms with Crippen molar-refractivity contribution in [1.82, 2.24) is 15.2 Å². The highest BCUT2D eigenvalue weighted by atomic mass is 16.1. The molecule has 0 aliphatic carbocycles. The Balaban J connectivity index is 2.82. The fraction of sp³-hybridized carbons (Fsp3) is 0. The molecule has 60 valence electrons. The summed E-state index contributed by atoms with van der Waals surface area (Å²) in [4.78, 5) is 14.8. The first-order valence-corrected chi connectivity index (χ1v) is 3.37. The molecule has 5 heteroatoms. The lowest BCUT2D eigenvalue weighted by Gasteiger charge is -1.93. The summed E-state index contributed by atoms with van der Waals surface area (Å²) in [5, 5.41) is 6.46. The number of aromatic amines is 1. The molecular formula is C7H6N4O. The molecule has 1 amide bonds. The zero-order chi connectivity index (χ0) is 8.55. The van der Waals surface area contributed by atoms with Crippen molar-refractivity contribution in [3.63, 3.8) is 0 Å². The highest BCUT2D eigenvalue weighted by Gasteiger charge is 2.07. The molecule has 0 unspecified atom stereocenters. The molecule has 5 nitrogen and oxygen atoms in total. The predicted molar refractivity (Wildman–Crippen MR) is 42.4 cm³/mol. The fourth-order valence-corrected chi connectivity index (χ4v) is 1.05. The summed E-state index contributed by atoms with van der Waals surface area (Å²) in [5.41, 5.74) is 6.67. The molecule has 0 aromatic carbocycles. The van der Waals surface area contributed by atoms with Gasteiger partial charge in [0.25, 0.3) is 5.91 Å². The number of H-pyrrole nitrogens is 1. The van der Waals surface area contributed by atoms with E-state index in [0.29, 0.717) is 16.6 Å². The van der Waals surface area contributed by atoms with Crippen molar-refractivity contribution in [2.45, 2.75) is 0 Å². The van der Waals surface area contributed by atoms with Crippen LogP contribution in [-0.4, -0.2) is 21.1 Å². The van der Waals surface area contributed by atoms with Gasteiger partial charge in [-0.05, 0) is 6.07 Å². The van der Waals surface area contributed by atoms with Gasteiger partial charge in [0.2, 0.25) is 0 Å². The molecule has 3 N–H and O–H groups in total. The first kappa shape index (κ1) is 6.78. The molecule has 0 bridgehead atoms. The van der Waals surface area contributed by atoms with E-state index in [4.69, 9.17) is 5.73 Å². The zero-order valence-corrected chi connectivity index (χ0v) is 6.11. The molecule has 2 aromatic rings. The van der Waals surface area contributed by atoms with Crippen LogP contribution in [0.25, 0.3) is 11.0 Å². The third-order valence-electron chi connectivity index (χ3n) is 1.60. The quantitative estimate of drug-likeness (QED) is 0.621. The van der Waals surface area contributed by atoms with Crippen LogP contribution in [0.15, 0.2) is 18.5 Å². The minimum absolute atomic E-state index is 0.390. The largest absolute Gasteiger partial charge is 0.366 e. The number of hydrogen-bond donors (Lipinski definition) is 2. The molecule has 0 fully saturated rings. The average Bonchev–Trinajstić information content (AvgIpc) is 2.49. The maximum Gasteiger partial charge on any atom is 0.251 e. The van der Waals surface area contributed by atoms with Gasteiger partial charge in [0.15, 0.2) is 0 Å². The van der Waals surface area contributed by atoms with Gasteiger partial charge in [0.1, 0.15) is 11.0 Å². The van der Waals surface area contributed by atoms with Crippen LogP contribution >= 0.6 is 0 Å². The molecule has 0 saturated heterocycles. The summed E-state index contributed by atoms with van der Waals surface area (Å²) >= 11 is 0. The average molecular weight is 162 g/mol. The van der Waals surface area contributed by atoms with Crippen molar-refractivity contribution in [3.05, 3.63) is 24.0 Å². The summed E-state index contributed by atoms with van der Waals surface area (Å²) in [6, 6.07) is 1.55. The second-order valence-corrected chi connectivity index (χ2v) is 2.34. The molecular weight excluding hydrogens is 156 g/mol. The van der Waals surface area contributed by atoms with Gasteiger partial charge in [-0.25, -0.2) is 0 Å². The Labute approximate surface area is 67.6 Å². The monoisotopic (exact) mass is 162 g/mol. The summed E-state index contributed by atoms with van der Waals surface area (Å²) in [6.07, 6.45) is 3.14. The normalized spacial score (nSPS) is 10.3. The van der Waals surface area contributed by atoms with Gasteiger partial charge in [-0.1, -0.05) is 0 Å². The van der Waals surface area contributed by atoms with Crippen LogP contribution in [0.5, 0.6) is 0 Å². The maximum absolute atomic E-state index is 10.9. The molecule has 0 radical (unpaired) electrons. The number of hydrogen-bond acceptors (Lipinski definition) is 3. The lowest BCUT2D eigenvalue weighted by molar-refractivity contribution is 0.100. The number of nitrogens with zero attached hydrogens (tertiary/aromatic N) is 2. The number of nitrogens with one attached hydrogen (secondary N) is 1. The van der Waals surface area contributed by atoms with E-state index in [-0.39, 0.29) is 0 Å². The van der Waals surface area contributed by atoms with E-state index < -0.39 is 5.91 Å². The molecule has 2 rings (SSSR count). The number of aromatic nitrogens is 3. The van der Waals surface area contributed by atoms with E-state index in [9.17, 15) is 4.79 Å².